The number of nitrogens with zero attached hydrogens (tertiary/aromatic N) is 2. The van der Waals surface area contributed by atoms with Gasteiger partial charge in [0.05, 0.1) is 6.42 Å². The molecule has 2 unspecified atom stereocenters. The summed E-state index contributed by atoms with van der Waals surface area (Å²) in [6.07, 6.45) is 8.06. The zero-order chi connectivity index (χ0) is 17.8. The highest BCUT2D eigenvalue weighted by molar-refractivity contribution is 6.31. The molecule has 0 bridgehead atoms. The van der Waals surface area contributed by atoms with Crippen molar-refractivity contribution >= 4 is 17.5 Å². The van der Waals surface area contributed by atoms with E-state index >= 15 is 0 Å². The van der Waals surface area contributed by atoms with Gasteiger partial charge in [-0.2, -0.15) is 0 Å². The Labute approximate surface area is 157 Å². The van der Waals surface area contributed by atoms with Gasteiger partial charge in [0.1, 0.15) is 0 Å². The minimum Gasteiger partial charge on any atom is -0.338 e. The van der Waals surface area contributed by atoms with Gasteiger partial charge in [0.15, 0.2) is 0 Å². The lowest BCUT2D eigenvalue weighted by atomic mass is 9.87. The molecule has 1 aliphatic heterocycles. The van der Waals surface area contributed by atoms with Crippen LogP contribution in [0, 0.1) is 6.92 Å². The third-order valence-electron chi connectivity index (χ3n) is 5.94. The Kier molecular flexibility index (Phi) is 6.40. The van der Waals surface area contributed by atoms with Crippen LogP contribution in [-0.2, 0) is 11.2 Å². The van der Waals surface area contributed by atoms with Crippen LogP contribution in [0.25, 0.3) is 0 Å². The highest BCUT2D eigenvalue weighted by Crippen LogP contribution is 2.30. The van der Waals surface area contributed by atoms with Crippen LogP contribution in [0.4, 0.5) is 0 Å². The summed E-state index contributed by atoms with van der Waals surface area (Å²) in [6.45, 7) is 7.35. The maximum absolute atomic E-state index is 13.1. The summed E-state index contributed by atoms with van der Waals surface area (Å²) in [5.74, 6) is 0.264. The van der Waals surface area contributed by atoms with E-state index in [1.54, 1.807) is 0 Å². The van der Waals surface area contributed by atoms with Crippen LogP contribution in [0.1, 0.15) is 56.6 Å². The van der Waals surface area contributed by atoms with E-state index < -0.39 is 0 Å². The van der Waals surface area contributed by atoms with Gasteiger partial charge < -0.3 is 4.90 Å². The lowest BCUT2D eigenvalue weighted by molar-refractivity contribution is -0.134. The molecule has 3 nitrogen and oxygen atoms in total. The highest BCUT2D eigenvalue weighted by atomic mass is 35.5. The van der Waals surface area contributed by atoms with E-state index in [-0.39, 0.29) is 5.91 Å². The second kappa shape index (κ2) is 8.55. The van der Waals surface area contributed by atoms with Crippen LogP contribution in [0.5, 0.6) is 0 Å². The molecular formula is C21H31ClN2O. The summed E-state index contributed by atoms with van der Waals surface area (Å²) in [7, 11) is 0. The number of likely N-dealkylation sites (tertiary alicyclic amines) is 1. The summed E-state index contributed by atoms with van der Waals surface area (Å²) < 4.78 is 0. The summed E-state index contributed by atoms with van der Waals surface area (Å²) in [6, 6.07) is 6.89. The van der Waals surface area contributed by atoms with E-state index in [1.807, 2.05) is 25.1 Å². The summed E-state index contributed by atoms with van der Waals surface area (Å²) in [5, 5.41) is 0.768. The molecule has 1 saturated carbocycles. The molecule has 4 heteroatoms. The van der Waals surface area contributed by atoms with Gasteiger partial charge in [0.25, 0.3) is 0 Å². The van der Waals surface area contributed by atoms with Crippen LogP contribution in [0.3, 0.4) is 0 Å². The Morgan fingerprint density at radius 1 is 1.20 bits per heavy atom. The fraction of sp³-hybridized carbons (Fsp3) is 0.667. The fourth-order valence-corrected chi connectivity index (χ4v) is 4.76. The lowest BCUT2D eigenvalue weighted by Gasteiger charge is -2.43. The number of aryl methyl sites for hydroxylation is 1. The SMILES string of the molecule is CCN(C(=O)Cc1ccc(Cl)c(C)c1)C1CCCCC1N1CCCC1. The van der Waals surface area contributed by atoms with Crippen molar-refractivity contribution in [1.82, 2.24) is 9.80 Å². The normalized spacial score (nSPS) is 24.4. The van der Waals surface area contributed by atoms with Gasteiger partial charge in [0, 0.05) is 23.7 Å². The molecule has 2 aliphatic rings. The third-order valence-corrected chi connectivity index (χ3v) is 6.37. The fourth-order valence-electron chi connectivity index (χ4n) is 4.64. The summed E-state index contributed by atoms with van der Waals surface area (Å²) >= 11 is 6.12. The van der Waals surface area contributed by atoms with Crippen molar-refractivity contribution in [2.24, 2.45) is 0 Å². The Balaban J connectivity index is 1.72. The lowest BCUT2D eigenvalue weighted by Crippen LogP contribution is -2.54. The predicted octanol–water partition coefficient (Wildman–Crippen LogP) is 4.45. The number of amides is 1. The van der Waals surface area contributed by atoms with Gasteiger partial charge in [-0.15, -0.1) is 0 Å². The summed E-state index contributed by atoms with van der Waals surface area (Å²) in [4.78, 5) is 17.9. The molecule has 1 aromatic carbocycles. The van der Waals surface area contributed by atoms with Crippen molar-refractivity contribution < 1.29 is 4.79 Å². The van der Waals surface area contributed by atoms with Gasteiger partial charge in [-0.25, -0.2) is 0 Å². The predicted molar refractivity (Wildman–Crippen MR) is 104 cm³/mol. The minimum atomic E-state index is 0.264. The highest BCUT2D eigenvalue weighted by Gasteiger charge is 2.36. The molecule has 138 valence electrons. The molecular weight excluding hydrogens is 332 g/mol. The molecule has 0 spiro atoms. The van der Waals surface area contributed by atoms with Crippen LogP contribution in [0.2, 0.25) is 5.02 Å². The number of hydrogen-bond donors (Lipinski definition) is 0. The van der Waals surface area contributed by atoms with E-state index in [1.165, 1.54) is 45.2 Å². The number of likely N-dealkylation sites (N-methyl/N-ethyl adjacent to an activating group) is 1. The van der Waals surface area contributed by atoms with E-state index in [9.17, 15) is 4.79 Å². The second-order valence-electron chi connectivity index (χ2n) is 7.60. The Morgan fingerprint density at radius 2 is 1.92 bits per heavy atom. The van der Waals surface area contributed by atoms with E-state index in [4.69, 9.17) is 11.6 Å². The van der Waals surface area contributed by atoms with Crippen LogP contribution in [0.15, 0.2) is 18.2 Å². The van der Waals surface area contributed by atoms with Crippen molar-refractivity contribution in [2.75, 3.05) is 19.6 Å². The maximum Gasteiger partial charge on any atom is 0.227 e. The Bertz CT molecular complexity index is 598. The van der Waals surface area contributed by atoms with Crippen LogP contribution in [-0.4, -0.2) is 47.4 Å². The molecule has 2 fully saturated rings. The first-order chi connectivity index (χ1) is 12.1. The topological polar surface area (TPSA) is 23.6 Å². The van der Waals surface area contributed by atoms with E-state index in [0.717, 1.165) is 29.1 Å². The molecule has 25 heavy (non-hydrogen) atoms. The third kappa shape index (κ3) is 4.38. The minimum absolute atomic E-state index is 0.264. The molecule has 0 aromatic heterocycles. The van der Waals surface area contributed by atoms with Gasteiger partial charge in [-0.1, -0.05) is 36.6 Å². The second-order valence-corrected chi connectivity index (χ2v) is 8.01. The number of benzene rings is 1. The smallest absolute Gasteiger partial charge is 0.227 e. The number of hydrogen-bond acceptors (Lipinski definition) is 2. The molecule has 3 rings (SSSR count). The van der Waals surface area contributed by atoms with Crippen molar-refractivity contribution in [3.05, 3.63) is 34.3 Å². The molecule has 1 aromatic rings. The largest absolute Gasteiger partial charge is 0.338 e. The van der Waals surface area contributed by atoms with Gasteiger partial charge in [-0.3, -0.25) is 9.69 Å². The van der Waals surface area contributed by atoms with Gasteiger partial charge in [-0.05, 0) is 69.8 Å². The maximum atomic E-state index is 13.1. The zero-order valence-electron chi connectivity index (χ0n) is 15.6. The molecule has 1 aliphatic carbocycles. The first-order valence-electron chi connectivity index (χ1n) is 9.88. The van der Waals surface area contributed by atoms with Gasteiger partial charge >= 0.3 is 0 Å². The first kappa shape index (κ1) is 18.7. The van der Waals surface area contributed by atoms with Gasteiger partial charge in [0.2, 0.25) is 5.91 Å². The molecule has 1 amide bonds. The standard InChI is InChI=1S/C21H31ClN2O/c1-3-24(21(25)15-17-10-11-18(22)16(2)14-17)20-9-5-4-8-19(20)23-12-6-7-13-23/h10-11,14,19-20H,3-9,12-13,15H2,1-2H3. The number of halogens is 1. The Hall–Kier alpha value is -1.06. The summed E-state index contributed by atoms with van der Waals surface area (Å²) in [5.41, 5.74) is 2.11. The Morgan fingerprint density at radius 3 is 2.60 bits per heavy atom. The average molecular weight is 363 g/mol. The first-order valence-corrected chi connectivity index (χ1v) is 10.3. The van der Waals surface area contributed by atoms with E-state index in [2.05, 4.69) is 16.7 Å². The van der Waals surface area contributed by atoms with Crippen molar-refractivity contribution in [3.8, 4) is 0 Å². The zero-order valence-corrected chi connectivity index (χ0v) is 16.4. The van der Waals surface area contributed by atoms with Crippen LogP contribution >= 0.6 is 11.6 Å². The van der Waals surface area contributed by atoms with Crippen molar-refractivity contribution in [2.45, 2.75) is 70.9 Å². The molecule has 0 radical (unpaired) electrons. The monoisotopic (exact) mass is 362 g/mol. The van der Waals surface area contributed by atoms with Crippen molar-refractivity contribution in [3.63, 3.8) is 0 Å². The number of carbonyl (C=O) groups excluding carboxylic acids is 1. The molecule has 0 N–H and O–H groups in total. The van der Waals surface area contributed by atoms with E-state index in [0.29, 0.717) is 18.5 Å². The quantitative estimate of drug-likeness (QED) is 0.772. The molecule has 1 saturated heterocycles. The number of rotatable bonds is 5. The van der Waals surface area contributed by atoms with Crippen molar-refractivity contribution in [1.29, 1.82) is 0 Å². The van der Waals surface area contributed by atoms with Crippen LogP contribution < -0.4 is 0 Å². The molecule has 2 atom stereocenters. The molecule has 1 heterocycles. The number of carbonyl (C=O) groups is 1. The average Bonchev–Trinajstić information content (AvgIpc) is 3.14.